The summed E-state index contributed by atoms with van der Waals surface area (Å²) in [7, 11) is -3.53. The lowest BCUT2D eigenvalue weighted by atomic mass is 10.1. The third kappa shape index (κ3) is 5.80. The Morgan fingerprint density at radius 2 is 1.64 bits per heavy atom. The number of hydrogen-bond acceptors (Lipinski definition) is 5. The minimum Gasteiger partial charge on any atom is -0.484 e. The van der Waals surface area contributed by atoms with Crippen LogP contribution in [0.5, 0.6) is 5.75 Å². The van der Waals surface area contributed by atoms with E-state index < -0.39 is 10.0 Å². The Morgan fingerprint density at radius 1 is 0.939 bits per heavy atom. The van der Waals surface area contributed by atoms with E-state index in [1.807, 2.05) is 41.3 Å². The number of piperazine rings is 1. The number of fused-ring (bicyclic) bond motifs is 1. The van der Waals surface area contributed by atoms with Crippen molar-refractivity contribution in [1.29, 1.82) is 0 Å². The molecule has 1 saturated heterocycles. The number of para-hydroxylation sites is 1. The molecule has 0 aliphatic carbocycles. The van der Waals surface area contributed by atoms with Crippen molar-refractivity contribution in [2.45, 2.75) is 0 Å². The number of rotatable bonds is 8. The highest BCUT2D eigenvalue weighted by Gasteiger charge is 2.27. The van der Waals surface area contributed by atoms with Crippen LogP contribution >= 0.6 is 0 Å². The fraction of sp³-hybridized carbons (Fsp3) is 0.292. The van der Waals surface area contributed by atoms with Crippen LogP contribution in [0, 0.1) is 5.82 Å². The summed E-state index contributed by atoms with van der Waals surface area (Å²) >= 11 is 0. The number of anilines is 1. The molecule has 0 atom stereocenters. The van der Waals surface area contributed by atoms with Gasteiger partial charge in [-0.25, -0.2) is 12.8 Å². The molecule has 1 N–H and O–H groups in total. The Bertz CT molecular complexity index is 1230. The van der Waals surface area contributed by atoms with Crippen LogP contribution in [0.15, 0.2) is 66.7 Å². The van der Waals surface area contributed by atoms with E-state index in [-0.39, 0.29) is 43.7 Å². The molecule has 1 heterocycles. The summed E-state index contributed by atoms with van der Waals surface area (Å²) < 4.78 is 46.1. The Kier molecular flexibility index (Phi) is 7.10. The van der Waals surface area contributed by atoms with Gasteiger partial charge in [0.05, 0.1) is 11.4 Å². The first-order valence-corrected chi connectivity index (χ1v) is 12.4. The first kappa shape index (κ1) is 23.0. The molecule has 33 heavy (non-hydrogen) atoms. The van der Waals surface area contributed by atoms with Crippen molar-refractivity contribution in [2.24, 2.45) is 0 Å². The summed E-state index contributed by atoms with van der Waals surface area (Å²) in [6, 6.07) is 19.9. The van der Waals surface area contributed by atoms with Gasteiger partial charge in [-0.3, -0.25) is 4.79 Å². The van der Waals surface area contributed by atoms with Crippen molar-refractivity contribution in [3.8, 4) is 5.75 Å². The second-order valence-electron chi connectivity index (χ2n) is 7.80. The first-order chi connectivity index (χ1) is 15.9. The number of nitrogens with zero attached hydrogens (tertiary/aromatic N) is 2. The molecule has 0 radical (unpaired) electrons. The quantitative estimate of drug-likeness (QED) is 0.547. The Labute approximate surface area is 192 Å². The van der Waals surface area contributed by atoms with Crippen LogP contribution in [-0.4, -0.2) is 63.7 Å². The average Bonchev–Trinajstić information content (AvgIpc) is 2.83. The maximum atomic E-state index is 14.0. The number of amides is 1. The maximum Gasteiger partial charge on any atom is 0.257 e. The molecule has 1 aliphatic heterocycles. The van der Waals surface area contributed by atoms with Gasteiger partial charge < -0.3 is 15.0 Å². The van der Waals surface area contributed by atoms with Gasteiger partial charge in [0.25, 0.3) is 5.91 Å². The predicted molar refractivity (Wildman–Crippen MR) is 126 cm³/mol. The highest BCUT2D eigenvalue weighted by molar-refractivity contribution is 7.89. The number of halogens is 1. The number of carbonyl (C=O) groups is 1. The molecule has 0 unspecified atom stereocenters. The maximum absolute atomic E-state index is 14.0. The zero-order valence-corrected chi connectivity index (χ0v) is 18.9. The number of nitrogens with one attached hydrogen (secondary N) is 1. The van der Waals surface area contributed by atoms with Crippen LogP contribution in [0.3, 0.4) is 0 Å². The fourth-order valence-electron chi connectivity index (χ4n) is 3.82. The van der Waals surface area contributed by atoms with Crippen LogP contribution in [0.1, 0.15) is 0 Å². The lowest BCUT2D eigenvalue weighted by molar-refractivity contribution is -0.122. The molecular weight excluding hydrogens is 445 g/mol. The summed E-state index contributed by atoms with van der Waals surface area (Å²) in [5, 5.41) is 4.69. The van der Waals surface area contributed by atoms with Crippen molar-refractivity contribution < 1.29 is 22.3 Å². The fourth-order valence-corrected chi connectivity index (χ4v) is 5.16. The average molecular weight is 472 g/mol. The zero-order chi connectivity index (χ0) is 23.3. The van der Waals surface area contributed by atoms with E-state index in [2.05, 4.69) is 5.32 Å². The third-order valence-corrected chi connectivity index (χ3v) is 7.47. The van der Waals surface area contributed by atoms with Crippen LogP contribution in [0.4, 0.5) is 10.1 Å². The minimum atomic E-state index is -3.53. The van der Waals surface area contributed by atoms with E-state index in [1.165, 1.54) is 10.4 Å². The van der Waals surface area contributed by atoms with Crippen LogP contribution in [0.25, 0.3) is 10.8 Å². The Morgan fingerprint density at radius 3 is 2.39 bits per heavy atom. The number of ether oxygens (including phenoxy) is 1. The summed E-state index contributed by atoms with van der Waals surface area (Å²) in [4.78, 5) is 13.9. The van der Waals surface area contributed by atoms with E-state index in [9.17, 15) is 17.6 Å². The molecule has 0 aromatic heterocycles. The van der Waals surface area contributed by atoms with E-state index in [1.54, 1.807) is 24.3 Å². The van der Waals surface area contributed by atoms with Crippen LogP contribution in [-0.2, 0) is 14.8 Å². The number of sulfonamides is 1. The SMILES string of the molecule is O=C(COc1ccc2ccccc2c1)NCCS(=O)(=O)N1CCN(c2ccccc2F)CC1. The molecular formula is C24H26FN3O4S. The van der Waals surface area contributed by atoms with Crippen molar-refractivity contribution in [2.75, 3.05) is 50.0 Å². The Hall–Kier alpha value is -3.17. The van der Waals surface area contributed by atoms with Gasteiger partial charge in [0, 0.05) is 32.7 Å². The standard InChI is InChI=1S/C24H26FN3O4S/c25-22-7-3-4-8-23(22)27-12-14-28(15-13-27)33(30,31)16-11-26-24(29)18-32-21-10-9-19-5-1-2-6-20(19)17-21/h1-10,17H,11-16,18H2,(H,26,29). The summed E-state index contributed by atoms with van der Waals surface area (Å²) in [6.07, 6.45) is 0. The molecule has 174 valence electrons. The van der Waals surface area contributed by atoms with Gasteiger partial charge in [0.2, 0.25) is 10.0 Å². The second kappa shape index (κ2) is 10.2. The number of benzene rings is 3. The van der Waals surface area contributed by atoms with Gasteiger partial charge in [0.15, 0.2) is 6.61 Å². The molecule has 0 saturated carbocycles. The molecule has 1 fully saturated rings. The number of hydrogen-bond donors (Lipinski definition) is 1. The summed E-state index contributed by atoms with van der Waals surface area (Å²) in [6.45, 7) is 1.17. The van der Waals surface area contributed by atoms with Gasteiger partial charge in [-0.1, -0.05) is 42.5 Å². The molecule has 9 heteroatoms. The monoisotopic (exact) mass is 471 g/mol. The molecule has 0 spiro atoms. The van der Waals surface area contributed by atoms with Crippen LogP contribution in [0.2, 0.25) is 0 Å². The predicted octanol–water partition coefficient (Wildman–Crippen LogP) is 2.63. The van der Waals surface area contributed by atoms with Gasteiger partial charge in [-0.2, -0.15) is 4.31 Å². The molecule has 0 bridgehead atoms. The summed E-state index contributed by atoms with van der Waals surface area (Å²) in [5.74, 6) is -0.330. The molecule has 1 amide bonds. The molecule has 4 rings (SSSR count). The van der Waals surface area contributed by atoms with Gasteiger partial charge in [-0.05, 0) is 35.0 Å². The third-order valence-electron chi connectivity index (χ3n) is 5.60. The van der Waals surface area contributed by atoms with Crippen molar-refractivity contribution in [3.05, 3.63) is 72.5 Å². The van der Waals surface area contributed by atoms with Crippen molar-refractivity contribution >= 4 is 32.4 Å². The topological polar surface area (TPSA) is 78.9 Å². The van der Waals surface area contributed by atoms with Gasteiger partial charge in [-0.15, -0.1) is 0 Å². The minimum absolute atomic E-state index is 0.00419. The molecule has 3 aromatic carbocycles. The van der Waals surface area contributed by atoms with Crippen LogP contribution < -0.4 is 15.0 Å². The zero-order valence-electron chi connectivity index (χ0n) is 18.1. The lowest BCUT2D eigenvalue weighted by Crippen LogP contribution is -2.50. The first-order valence-electron chi connectivity index (χ1n) is 10.8. The molecule has 7 nitrogen and oxygen atoms in total. The smallest absolute Gasteiger partial charge is 0.257 e. The van der Waals surface area contributed by atoms with Gasteiger partial charge >= 0.3 is 0 Å². The highest BCUT2D eigenvalue weighted by atomic mass is 32.2. The highest BCUT2D eigenvalue weighted by Crippen LogP contribution is 2.22. The van der Waals surface area contributed by atoms with E-state index in [0.717, 1.165) is 10.8 Å². The summed E-state index contributed by atoms with van der Waals surface area (Å²) in [5.41, 5.74) is 0.480. The lowest BCUT2D eigenvalue weighted by Gasteiger charge is -2.35. The normalized spacial score (nSPS) is 14.9. The largest absolute Gasteiger partial charge is 0.484 e. The molecule has 3 aromatic rings. The Balaban J connectivity index is 1.21. The van der Waals surface area contributed by atoms with E-state index in [4.69, 9.17) is 4.74 Å². The van der Waals surface area contributed by atoms with E-state index >= 15 is 0 Å². The second-order valence-corrected chi connectivity index (χ2v) is 9.89. The van der Waals surface area contributed by atoms with Crippen molar-refractivity contribution in [3.63, 3.8) is 0 Å². The van der Waals surface area contributed by atoms with E-state index in [0.29, 0.717) is 24.5 Å². The van der Waals surface area contributed by atoms with Gasteiger partial charge in [0.1, 0.15) is 11.6 Å². The van der Waals surface area contributed by atoms with Crippen molar-refractivity contribution in [1.82, 2.24) is 9.62 Å². The number of carbonyl (C=O) groups excluding carboxylic acids is 1. The molecule has 1 aliphatic rings.